The number of nitrogens with zero attached hydrogens (tertiary/aromatic N) is 3. The molecule has 4 N–H and O–H groups in total. The van der Waals surface area contributed by atoms with Crippen molar-refractivity contribution in [2.45, 2.75) is 31.5 Å². The predicted octanol–water partition coefficient (Wildman–Crippen LogP) is 5.45. The van der Waals surface area contributed by atoms with E-state index < -0.39 is 29.1 Å². The highest BCUT2D eigenvalue weighted by Crippen LogP contribution is 2.45. The summed E-state index contributed by atoms with van der Waals surface area (Å²) in [5.74, 6) is -1.41. The van der Waals surface area contributed by atoms with Gasteiger partial charge in [0.25, 0.3) is 0 Å². The van der Waals surface area contributed by atoms with Crippen LogP contribution in [0.25, 0.3) is 16.6 Å². The minimum Gasteiger partial charge on any atom is -0.320 e. The van der Waals surface area contributed by atoms with E-state index in [0.29, 0.717) is 17.8 Å². The molecule has 0 radical (unpaired) electrons. The third-order valence-corrected chi connectivity index (χ3v) is 5.98. The van der Waals surface area contributed by atoms with Crippen molar-refractivity contribution >= 4 is 22.9 Å². The number of aromatic nitrogens is 3. The summed E-state index contributed by atoms with van der Waals surface area (Å²) in [7, 11) is 0. The molecule has 180 valence electrons. The Bertz CT molecular complexity index is 1440. The maximum Gasteiger partial charge on any atom is 0.419 e. The quantitative estimate of drug-likeness (QED) is 0.336. The maximum atomic E-state index is 13.5. The van der Waals surface area contributed by atoms with Crippen LogP contribution in [-0.2, 0) is 11.7 Å². The Balaban J connectivity index is 1.37. The molecule has 1 aliphatic rings. The van der Waals surface area contributed by atoms with Crippen LogP contribution in [0.15, 0.2) is 55.0 Å². The Labute approximate surface area is 197 Å². The van der Waals surface area contributed by atoms with Crippen molar-refractivity contribution < 1.29 is 22.4 Å². The number of benzene rings is 2. The number of hydrogen-bond donors (Lipinski definition) is 3. The largest absolute Gasteiger partial charge is 0.419 e. The first-order valence-corrected chi connectivity index (χ1v) is 10.7. The lowest BCUT2D eigenvalue weighted by molar-refractivity contribution is -0.139. The summed E-state index contributed by atoms with van der Waals surface area (Å²) in [6.07, 6.45) is 0.213. The number of hydrogen-bond acceptors (Lipinski definition) is 4. The second-order valence-corrected chi connectivity index (χ2v) is 8.59. The number of halogens is 4. The molecule has 4 aromatic rings. The van der Waals surface area contributed by atoms with Gasteiger partial charge in [-0.25, -0.2) is 18.7 Å². The van der Waals surface area contributed by atoms with E-state index in [9.17, 15) is 22.4 Å². The van der Waals surface area contributed by atoms with Crippen LogP contribution in [0.2, 0.25) is 0 Å². The van der Waals surface area contributed by atoms with E-state index in [1.807, 2.05) is 25.3 Å². The van der Waals surface area contributed by atoms with Crippen LogP contribution >= 0.6 is 0 Å². The zero-order valence-corrected chi connectivity index (χ0v) is 18.4. The molecule has 35 heavy (non-hydrogen) atoms. The van der Waals surface area contributed by atoms with Crippen molar-refractivity contribution in [1.29, 1.82) is 0 Å². The van der Waals surface area contributed by atoms with Gasteiger partial charge in [0, 0.05) is 23.1 Å². The molecule has 0 aliphatic heterocycles. The normalized spacial score (nSPS) is 14.7. The fourth-order valence-corrected chi connectivity index (χ4v) is 4.07. The van der Waals surface area contributed by atoms with E-state index in [0.717, 1.165) is 46.8 Å². The summed E-state index contributed by atoms with van der Waals surface area (Å²) in [6.45, 7) is 1.96. The molecule has 7 nitrogen and oxygen atoms in total. The molecule has 2 aromatic carbocycles. The fourth-order valence-electron chi connectivity index (χ4n) is 4.07. The highest BCUT2D eigenvalue weighted by atomic mass is 19.4. The Morgan fingerprint density at radius 2 is 1.74 bits per heavy atom. The van der Waals surface area contributed by atoms with Gasteiger partial charge in [-0.15, -0.1) is 0 Å². The molecule has 2 heterocycles. The Hall–Kier alpha value is -3.99. The highest BCUT2D eigenvalue weighted by molar-refractivity contribution is 6.00. The van der Waals surface area contributed by atoms with Crippen LogP contribution in [0.3, 0.4) is 0 Å². The molecule has 2 aromatic heterocycles. The van der Waals surface area contributed by atoms with Crippen molar-refractivity contribution in [3.63, 3.8) is 0 Å². The lowest BCUT2D eigenvalue weighted by atomic mass is 10.00. The first-order chi connectivity index (χ1) is 16.5. The Morgan fingerprint density at radius 1 is 1.09 bits per heavy atom. The summed E-state index contributed by atoms with van der Waals surface area (Å²) in [4.78, 5) is 16.7. The summed E-state index contributed by atoms with van der Waals surface area (Å²) in [5.41, 5.74) is 9.14. The molecule has 0 bridgehead atoms. The van der Waals surface area contributed by atoms with Crippen molar-refractivity contribution in [1.82, 2.24) is 14.6 Å². The number of alkyl halides is 3. The number of fused-ring (bicyclic) bond motifs is 1. The molecular weight excluding hydrogens is 464 g/mol. The molecule has 0 unspecified atom stereocenters. The molecule has 1 fully saturated rings. The number of carbonyl (C=O) groups excluding carboxylic acids is 1. The monoisotopic (exact) mass is 484 g/mol. The minimum atomic E-state index is -4.87. The van der Waals surface area contributed by atoms with Crippen LogP contribution < -0.4 is 16.4 Å². The molecule has 0 saturated heterocycles. The average molecular weight is 484 g/mol. The number of anilines is 2. The maximum absolute atomic E-state index is 13.5. The molecule has 2 amide bonds. The third-order valence-electron chi connectivity index (χ3n) is 5.98. The summed E-state index contributed by atoms with van der Waals surface area (Å²) >= 11 is 0. The molecule has 5 rings (SSSR count). The Kier molecular flexibility index (Phi) is 5.24. The standard InChI is InChI=1S/C24H20F4N6O/c1-13-11-34-20(21(30-12-31-34)23(29)8-9-23)19(13)14-2-4-15(5-3-14)32-22(35)33-16-6-7-18(25)17(10-16)24(26,27)28/h2-7,10-12H,8-9,29H2,1H3,(H2,32,33,35). The van der Waals surface area contributed by atoms with Gasteiger partial charge in [0.15, 0.2) is 0 Å². The second-order valence-electron chi connectivity index (χ2n) is 8.59. The van der Waals surface area contributed by atoms with Crippen LogP contribution in [0.1, 0.15) is 29.7 Å². The molecule has 0 spiro atoms. The molecular formula is C24H20F4N6O. The van der Waals surface area contributed by atoms with E-state index in [1.54, 1.807) is 16.6 Å². The SMILES string of the molecule is Cc1cn2ncnc(C3(N)CC3)c2c1-c1ccc(NC(=O)Nc2ccc(F)c(C(F)(F)F)c2)cc1. The van der Waals surface area contributed by atoms with Crippen LogP contribution in [0, 0.1) is 12.7 Å². The van der Waals surface area contributed by atoms with Gasteiger partial charge in [-0.05, 0) is 61.2 Å². The second kappa shape index (κ2) is 8.05. The van der Waals surface area contributed by atoms with Gasteiger partial charge in [0.1, 0.15) is 12.1 Å². The van der Waals surface area contributed by atoms with Crippen molar-refractivity contribution in [3.8, 4) is 11.1 Å². The average Bonchev–Trinajstić information content (AvgIpc) is 3.45. The smallest absolute Gasteiger partial charge is 0.320 e. The number of rotatable bonds is 4. The van der Waals surface area contributed by atoms with Gasteiger partial charge in [-0.1, -0.05) is 12.1 Å². The lowest BCUT2D eigenvalue weighted by Gasteiger charge is -2.13. The lowest BCUT2D eigenvalue weighted by Crippen LogP contribution is -2.22. The van der Waals surface area contributed by atoms with Crippen molar-refractivity contribution in [3.05, 3.63) is 77.6 Å². The summed E-state index contributed by atoms with van der Waals surface area (Å²) < 4.78 is 53.9. The topological polar surface area (TPSA) is 97.3 Å². The number of nitrogens with two attached hydrogens (primary N) is 1. The molecule has 1 aliphatic carbocycles. The van der Waals surface area contributed by atoms with Crippen LogP contribution in [-0.4, -0.2) is 20.6 Å². The van der Waals surface area contributed by atoms with Crippen LogP contribution in [0.4, 0.5) is 33.7 Å². The van der Waals surface area contributed by atoms with Crippen LogP contribution in [0.5, 0.6) is 0 Å². The van der Waals surface area contributed by atoms with E-state index in [2.05, 4.69) is 20.7 Å². The molecule has 11 heteroatoms. The first-order valence-electron chi connectivity index (χ1n) is 10.7. The van der Waals surface area contributed by atoms with Crippen molar-refractivity contribution in [2.75, 3.05) is 10.6 Å². The number of urea groups is 1. The Morgan fingerprint density at radius 3 is 2.40 bits per heavy atom. The van der Waals surface area contributed by atoms with E-state index >= 15 is 0 Å². The number of nitrogens with one attached hydrogen (secondary N) is 2. The zero-order valence-electron chi connectivity index (χ0n) is 18.4. The first kappa shape index (κ1) is 22.8. The van der Waals surface area contributed by atoms with E-state index in [-0.39, 0.29) is 5.69 Å². The zero-order chi connectivity index (χ0) is 25.0. The van der Waals surface area contributed by atoms with E-state index in [4.69, 9.17) is 5.73 Å². The third kappa shape index (κ3) is 4.30. The van der Waals surface area contributed by atoms with Crippen molar-refractivity contribution in [2.24, 2.45) is 5.73 Å². The number of carbonyl (C=O) groups is 1. The molecule has 0 atom stereocenters. The number of amides is 2. The predicted molar refractivity (Wildman–Crippen MR) is 122 cm³/mol. The summed E-state index contributed by atoms with van der Waals surface area (Å²) in [6, 6.07) is 8.45. The van der Waals surface area contributed by atoms with Gasteiger partial charge in [-0.3, -0.25) is 0 Å². The number of aryl methyl sites for hydroxylation is 1. The molecule has 1 saturated carbocycles. The van der Waals surface area contributed by atoms with Gasteiger partial charge >= 0.3 is 12.2 Å². The highest BCUT2D eigenvalue weighted by Gasteiger charge is 2.43. The fraction of sp³-hybridized carbons (Fsp3) is 0.208. The van der Waals surface area contributed by atoms with Gasteiger partial charge in [-0.2, -0.15) is 18.3 Å². The van der Waals surface area contributed by atoms with Gasteiger partial charge < -0.3 is 16.4 Å². The van der Waals surface area contributed by atoms with E-state index in [1.165, 1.54) is 6.33 Å². The van der Waals surface area contributed by atoms with Gasteiger partial charge in [0.05, 0.1) is 22.3 Å². The van der Waals surface area contributed by atoms with Gasteiger partial charge in [0.2, 0.25) is 0 Å². The minimum absolute atomic E-state index is 0.188. The summed E-state index contributed by atoms with van der Waals surface area (Å²) in [5, 5.41) is 9.15.